The molecule has 3 amide bonds. The number of urea groups is 1. The molecule has 0 bridgehead atoms. The molecular weight excluding hydrogens is 301 g/mol. The molecule has 1 aliphatic rings. The molecule has 0 aromatic heterocycles. The highest BCUT2D eigenvalue weighted by atomic mass is 19.1. The summed E-state index contributed by atoms with van der Waals surface area (Å²) in [4.78, 5) is 27.3. The smallest absolute Gasteiger partial charge is 0.318 e. The van der Waals surface area contributed by atoms with Crippen LogP contribution in [0.2, 0.25) is 0 Å². The molecule has 0 aliphatic carbocycles. The van der Waals surface area contributed by atoms with Crippen molar-refractivity contribution in [1.29, 1.82) is 0 Å². The fraction of sp³-hybridized carbons (Fsp3) is 0.500. The molecule has 1 fully saturated rings. The molecule has 1 saturated heterocycles. The highest BCUT2D eigenvalue weighted by Gasteiger charge is 2.32. The van der Waals surface area contributed by atoms with E-state index in [0.717, 1.165) is 0 Å². The van der Waals surface area contributed by atoms with Gasteiger partial charge in [0.2, 0.25) is 5.91 Å². The van der Waals surface area contributed by atoms with Gasteiger partial charge in [0.1, 0.15) is 5.82 Å². The van der Waals surface area contributed by atoms with E-state index in [1.807, 2.05) is 13.8 Å². The van der Waals surface area contributed by atoms with Crippen LogP contribution in [-0.2, 0) is 4.79 Å². The van der Waals surface area contributed by atoms with Crippen LogP contribution in [0.25, 0.3) is 0 Å². The molecule has 0 unspecified atom stereocenters. The zero-order valence-corrected chi connectivity index (χ0v) is 13.3. The maximum absolute atomic E-state index is 13.3. The molecule has 1 atom stereocenters. The quantitative estimate of drug-likeness (QED) is 0.859. The highest BCUT2D eigenvalue weighted by molar-refractivity contribution is 5.96. The van der Waals surface area contributed by atoms with Gasteiger partial charge in [0.15, 0.2) is 0 Å². The fourth-order valence-corrected chi connectivity index (χ4v) is 2.66. The number of amides is 3. The van der Waals surface area contributed by atoms with Gasteiger partial charge in [0, 0.05) is 31.2 Å². The third kappa shape index (κ3) is 4.19. The van der Waals surface area contributed by atoms with Crippen molar-refractivity contribution in [2.45, 2.75) is 32.4 Å². The summed E-state index contributed by atoms with van der Waals surface area (Å²) in [6.07, 6.45) is 0.174. The summed E-state index contributed by atoms with van der Waals surface area (Å²) in [5.74, 6) is -0.559. The Morgan fingerprint density at radius 1 is 1.52 bits per heavy atom. The maximum Gasteiger partial charge on any atom is 0.318 e. The van der Waals surface area contributed by atoms with Gasteiger partial charge >= 0.3 is 6.03 Å². The van der Waals surface area contributed by atoms with Crippen molar-refractivity contribution in [2.24, 2.45) is 0 Å². The normalized spacial score (nSPS) is 17.7. The Balaban J connectivity index is 2.01. The highest BCUT2D eigenvalue weighted by Crippen LogP contribution is 2.22. The minimum Gasteiger partial charge on any atom is -0.395 e. The summed E-state index contributed by atoms with van der Waals surface area (Å²) in [6.45, 7) is 4.13. The lowest BCUT2D eigenvalue weighted by molar-refractivity contribution is -0.117. The Morgan fingerprint density at radius 3 is 2.87 bits per heavy atom. The second kappa shape index (κ2) is 7.41. The Bertz CT molecular complexity index is 579. The Hall–Kier alpha value is -2.15. The molecule has 126 valence electrons. The van der Waals surface area contributed by atoms with E-state index < -0.39 is 5.82 Å². The van der Waals surface area contributed by atoms with E-state index in [1.165, 1.54) is 21.9 Å². The van der Waals surface area contributed by atoms with E-state index in [2.05, 4.69) is 5.32 Å². The van der Waals surface area contributed by atoms with Crippen LogP contribution in [0, 0.1) is 5.82 Å². The lowest BCUT2D eigenvalue weighted by Gasteiger charge is -2.27. The van der Waals surface area contributed by atoms with Crippen LogP contribution in [-0.4, -0.2) is 53.7 Å². The van der Waals surface area contributed by atoms with Gasteiger partial charge in [-0.1, -0.05) is 6.07 Å². The first-order valence-electron chi connectivity index (χ1n) is 7.66. The summed E-state index contributed by atoms with van der Waals surface area (Å²) >= 11 is 0. The SMILES string of the molecule is CC(C)N(CCO)C(=O)N[C@H]1CC(=O)N(c2cccc(F)c2)C1. The first-order chi connectivity index (χ1) is 10.9. The minimum atomic E-state index is -0.406. The number of carbonyl (C=O) groups is 2. The number of halogens is 1. The van der Waals surface area contributed by atoms with E-state index >= 15 is 0 Å². The van der Waals surface area contributed by atoms with Crippen molar-refractivity contribution in [2.75, 3.05) is 24.6 Å². The zero-order valence-electron chi connectivity index (χ0n) is 13.3. The second-order valence-electron chi connectivity index (χ2n) is 5.85. The third-order valence-corrected chi connectivity index (χ3v) is 3.80. The number of carbonyl (C=O) groups excluding carboxylic acids is 2. The summed E-state index contributed by atoms with van der Waals surface area (Å²) < 4.78 is 13.3. The van der Waals surface area contributed by atoms with Crippen molar-refractivity contribution < 1.29 is 19.1 Å². The van der Waals surface area contributed by atoms with E-state index in [4.69, 9.17) is 5.11 Å². The summed E-state index contributed by atoms with van der Waals surface area (Å²) in [5.41, 5.74) is 0.489. The number of aliphatic hydroxyl groups excluding tert-OH is 1. The number of benzene rings is 1. The van der Waals surface area contributed by atoms with Gasteiger partial charge in [0.05, 0.1) is 12.6 Å². The monoisotopic (exact) mass is 323 g/mol. The van der Waals surface area contributed by atoms with Crippen LogP contribution in [0.1, 0.15) is 20.3 Å². The zero-order chi connectivity index (χ0) is 17.0. The summed E-state index contributed by atoms with van der Waals surface area (Å²) in [6, 6.07) is 5.13. The molecule has 1 aromatic carbocycles. The Labute approximate surface area is 134 Å². The van der Waals surface area contributed by atoms with E-state index in [9.17, 15) is 14.0 Å². The molecule has 1 heterocycles. The molecule has 2 N–H and O–H groups in total. The fourth-order valence-electron chi connectivity index (χ4n) is 2.66. The van der Waals surface area contributed by atoms with E-state index in [0.29, 0.717) is 12.2 Å². The van der Waals surface area contributed by atoms with Gasteiger partial charge in [-0.3, -0.25) is 4.79 Å². The van der Waals surface area contributed by atoms with Crippen molar-refractivity contribution in [3.8, 4) is 0 Å². The lowest BCUT2D eigenvalue weighted by atomic mass is 10.2. The van der Waals surface area contributed by atoms with Crippen LogP contribution >= 0.6 is 0 Å². The topological polar surface area (TPSA) is 72.9 Å². The van der Waals surface area contributed by atoms with Gasteiger partial charge in [-0.15, -0.1) is 0 Å². The number of rotatable bonds is 5. The molecule has 1 aromatic rings. The van der Waals surface area contributed by atoms with Crippen LogP contribution in [0.3, 0.4) is 0 Å². The number of nitrogens with zero attached hydrogens (tertiary/aromatic N) is 2. The van der Waals surface area contributed by atoms with Crippen molar-refractivity contribution in [1.82, 2.24) is 10.2 Å². The minimum absolute atomic E-state index is 0.0569. The number of hydrogen-bond donors (Lipinski definition) is 2. The number of aliphatic hydroxyl groups is 1. The average molecular weight is 323 g/mol. The molecule has 7 heteroatoms. The molecule has 0 radical (unpaired) electrons. The Morgan fingerprint density at radius 2 is 2.26 bits per heavy atom. The molecule has 0 spiro atoms. The van der Waals surface area contributed by atoms with Gasteiger partial charge in [-0.2, -0.15) is 0 Å². The standard InChI is InChI=1S/C16H22FN3O3/c1-11(2)19(6-7-21)16(23)18-13-9-15(22)20(10-13)14-5-3-4-12(17)8-14/h3-5,8,11,13,21H,6-7,9-10H2,1-2H3,(H,18,23)/t13-/m0/s1. The first kappa shape index (κ1) is 17.2. The van der Waals surface area contributed by atoms with Crippen LogP contribution in [0.5, 0.6) is 0 Å². The van der Waals surface area contributed by atoms with Gasteiger partial charge in [-0.25, -0.2) is 9.18 Å². The van der Waals surface area contributed by atoms with Crippen molar-refractivity contribution >= 4 is 17.6 Å². The number of hydrogen-bond acceptors (Lipinski definition) is 3. The van der Waals surface area contributed by atoms with Crippen molar-refractivity contribution in [3.05, 3.63) is 30.1 Å². The van der Waals surface area contributed by atoms with Gasteiger partial charge in [0.25, 0.3) is 0 Å². The van der Waals surface area contributed by atoms with Crippen molar-refractivity contribution in [3.63, 3.8) is 0 Å². The van der Waals surface area contributed by atoms with E-state index in [-0.39, 0.29) is 43.6 Å². The summed E-state index contributed by atoms with van der Waals surface area (Å²) in [5, 5.41) is 11.8. The first-order valence-corrected chi connectivity index (χ1v) is 7.66. The van der Waals surface area contributed by atoms with Crippen LogP contribution in [0.15, 0.2) is 24.3 Å². The van der Waals surface area contributed by atoms with Crippen LogP contribution in [0.4, 0.5) is 14.9 Å². The third-order valence-electron chi connectivity index (χ3n) is 3.80. The lowest BCUT2D eigenvalue weighted by Crippen LogP contribution is -2.49. The predicted molar refractivity (Wildman–Crippen MR) is 84.6 cm³/mol. The molecular formula is C16H22FN3O3. The van der Waals surface area contributed by atoms with Gasteiger partial charge < -0.3 is 20.2 Å². The maximum atomic E-state index is 13.3. The number of anilines is 1. The van der Waals surface area contributed by atoms with Gasteiger partial charge in [-0.05, 0) is 32.0 Å². The predicted octanol–water partition coefficient (Wildman–Crippen LogP) is 1.34. The Kier molecular flexibility index (Phi) is 5.54. The summed E-state index contributed by atoms with van der Waals surface area (Å²) in [7, 11) is 0. The molecule has 6 nitrogen and oxygen atoms in total. The van der Waals surface area contributed by atoms with E-state index in [1.54, 1.807) is 12.1 Å². The largest absolute Gasteiger partial charge is 0.395 e. The number of nitrogens with one attached hydrogen (secondary N) is 1. The van der Waals surface area contributed by atoms with Crippen LogP contribution < -0.4 is 10.2 Å². The molecule has 1 aliphatic heterocycles. The molecule has 23 heavy (non-hydrogen) atoms. The molecule has 0 saturated carbocycles. The average Bonchev–Trinajstić information content (AvgIpc) is 2.84. The second-order valence-corrected chi connectivity index (χ2v) is 5.85. The molecule has 2 rings (SSSR count).